The molecule has 2 aromatic carbocycles. The van der Waals surface area contributed by atoms with Crippen molar-refractivity contribution in [1.82, 2.24) is 0 Å². The second-order valence-electron chi connectivity index (χ2n) is 7.27. The van der Waals surface area contributed by atoms with Gasteiger partial charge >= 0.3 is 11.9 Å². The Hall–Kier alpha value is -1.99. The number of carbonyl (C=O) groups is 3. The SMILES string of the molecule is COC(=O)[C@@H]1C(=O)Oc2ccc(Br)cc2[C@@H]1[C@@H](C(=O)c1ccc(Br)cc1)C(C)C. The van der Waals surface area contributed by atoms with Crippen molar-refractivity contribution in [3.8, 4) is 5.75 Å². The molecule has 0 fully saturated rings. The Kier molecular flexibility index (Phi) is 6.58. The third kappa shape index (κ3) is 4.31. The molecule has 0 saturated carbocycles. The van der Waals surface area contributed by atoms with Crippen molar-refractivity contribution in [2.45, 2.75) is 19.8 Å². The van der Waals surface area contributed by atoms with Crippen molar-refractivity contribution in [3.05, 3.63) is 62.5 Å². The molecular formula is C22H20Br2O5. The summed E-state index contributed by atoms with van der Waals surface area (Å²) < 4.78 is 11.9. The first-order chi connectivity index (χ1) is 13.7. The van der Waals surface area contributed by atoms with E-state index in [2.05, 4.69) is 31.9 Å². The van der Waals surface area contributed by atoms with Crippen LogP contribution in [0.3, 0.4) is 0 Å². The minimum Gasteiger partial charge on any atom is -0.468 e. The fourth-order valence-electron chi connectivity index (χ4n) is 3.83. The van der Waals surface area contributed by atoms with Crippen LogP contribution in [0.25, 0.3) is 0 Å². The first-order valence-corrected chi connectivity index (χ1v) is 10.7. The van der Waals surface area contributed by atoms with E-state index in [1.54, 1.807) is 42.5 Å². The third-order valence-electron chi connectivity index (χ3n) is 5.15. The third-order valence-corrected chi connectivity index (χ3v) is 6.17. The van der Waals surface area contributed by atoms with Crippen LogP contribution in [0, 0.1) is 17.8 Å². The summed E-state index contributed by atoms with van der Waals surface area (Å²) in [6.07, 6.45) is 0. The number of Topliss-reactive ketones (excluding diaryl/α,β-unsaturated/α-hetero) is 1. The highest BCUT2D eigenvalue weighted by Gasteiger charge is 2.49. The molecule has 152 valence electrons. The Labute approximate surface area is 186 Å². The molecule has 5 nitrogen and oxygen atoms in total. The topological polar surface area (TPSA) is 69.7 Å². The molecule has 0 aromatic heterocycles. The highest BCUT2D eigenvalue weighted by Crippen LogP contribution is 2.47. The maximum atomic E-state index is 13.5. The van der Waals surface area contributed by atoms with Gasteiger partial charge in [-0.2, -0.15) is 0 Å². The number of hydrogen-bond donors (Lipinski definition) is 0. The van der Waals surface area contributed by atoms with Gasteiger partial charge in [-0.05, 0) is 36.2 Å². The fraction of sp³-hybridized carbons (Fsp3) is 0.318. The summed E-state index contributed by atoms with van der Waals surface area (Å²) in [4.78, 5) is 38.8. The number of fused-ring (bicyclic) bond motifs is 1. The van der Waals surface area contributed by atoms with Crippen molar-refractivity contribution in [3.63, 3.8) is 0 Å². The highest BCUT2D eigenvalue weighted by molar-refractivity contribution is 9.10. The molecule has 2 aromatic rings. The Morgan fingerprint density at radius 3 is 2.24 bits per heavy atom. The minimum atomic E-state index is -1.21. The Bertz CT molecular complexity index is 952. The van der Waals surface area contributed by atoms with E-state index in [9.17, 15) is 14.4 Å². The zero-order valence-corrected chi connectivity index (χ0v) is 19.3. The molecule has 0 saturated heterocycles. The predicted octanol–water partition coefficient (Wildman–Crippen LogP) is 5.16. The van der Waals surface area contributed by atoms with Gasteiger partial charge in [-0.3, -0.25) is 14.4 Å². The molecule has 1 aliphatic heterocycles. The number of esters is 2. The van der Waals surface area contributed by atoms with Crippen molar-refractivity contribution >= 4 is 49.6 Å². The number of methoxy groups -OCH3 is 1. The predicted molar refractivity (Wildman–Crippen MR) is 115 cm³/mol. The first kappa shape index (κ1) is 21.7. The number of benzene rings is 2. The maximum Gasteiger partial charge on any atom is 0.326 e. The monoisotopic (exact) mass is 522 g/mol. The first-order valence-electron chi connectivity index (χ1n) is 9.13. The summed E-state index contributed by atoms with van der Waals surface area (Å²) in [6.45, 7) is 3.82. The van der Waals surface area contributed by atoms with E-state index in [0.29, 0.717) is 16.9 Å². The average Bonchev–Trinajstić information content (AvgIpc) is 2.68. The molecule has 1 aliphatic rings. The van der Waals surface area contributed by atoms with Crippen LogP contribution in [-0.4, -0.2) is 24.8 Å². The van der Waals surface area contributed by atoms with Gasteiger partial charge in [-0.15, -0.1) is 0 Å². The van der Waals surface area contributed by atoms with Gasteiger partial charge in [0.25, 0.3) is 0 Å². The second-order valence-corrected chi connectivity index (χ2v) is 9.10. The zero-order chi connectivity index (χ0) is 21.3. The van der Waals surface area contributed by atoms with E-state index >= 15 is 0 Å². The van der Waals surface area contributed by atoms with Gasteiger partial charge in [0.05, 0.1) is 7.11 Å². The lowest BCUT2D eigenvalue weighted by Crippen LogP contribution is -2.44. The molecule has 3 rings (SSSR count). The van der Waals surface area contributed by atoms with Gasteiger partial charge in [0.15, 0.2) is 11.7 Å². The van der Waals surface area contributed by atoms with Gasteiger partial charge in [0.1, 0.15) is 5.75 Å². The molecule has 0 spiro atoms. The number of halogens is 2. The van der Waals surface area contributed by atoms with Crippen LogP contribution in [0.2, 0.25) is 0 Å². The molecule has 0 radical (unpaired) electrons. The van der Waals surface area contributed by atoms with Crippen LogP contribution < -0.4 is 4.74 Å². The lowest BCUT2D eigenvalue weighted by Gasteiger charge is -2.37. The standard InChI is InChI=1S/C22H20Br2O5/c1-11(2)17(20(25)12-4-6-13(23)7-5-12)18-15-10-14(24)8-9-16(15)29-22(27)19(18)21(26)28-3/h4-11,17-19H,1-3H3/t17-,18+,19+/m0/s1. The fourth-order valence-corrected chi connectivity index (χ4v) is 4.47. The summed E-state index contributed by atoms with van der Waals surface area (Å²) in [5.41, 5.74) is 1.16. The second kappa shape index (κ2) is 8.79. The number of carbonyl (C=O) groups excluding carboxylic acids is 3. The average molecular weight is 524 g/mol. The van der Waals surface area contributed by atoms with Crippen LogP contribution in [0.1, 0.15) is 35.7 Å². The summed E-state index contributed by atoms with van der Waals surface area (Å²) >= 11 is 6.81. The van der Waals surface area contributed by atoms with E-state index in [1.165, 1.54) is 7.11 Å². The molecule has 7 heteroatoms. The Balaban J connectivity index is 2.18. The van der Waals surface area contributed by atoms with Crippen molar-refractivity contribution in [1.29, 1.82) is 0 Å². The van der Waals surface area contributed by atoms with Crippen LogP contribution in [0.4, 0.5) is 0 Å². The molecule has 1 heterocycles. The van der Waals surface area contributed by atoms with Crippen LogP contribution in [0.5, 0.6) is 5.75 Å². The Morgan fingerprint density at radius 2 is 1.66 bits per heavy atom. The summed E-state index contributed by atoms with van der Waals surface area (Å²) in [6, 6.07) is 12.3. The van der Waals surface area contributed by atoms with Gasteiger partial charge in [0.2, 0.25) is 0 Å². The number of ether oxygens (including phenoxy) is 2. The number of hydrogen-bond acceptors (Lipinski definition) is 5. The number of ketones is 1. The molecule has 0 bridgehead atoms. The molecule has 0 N–H and O–H groups in total. The van der Waals surface area contributed by atoms with Gasteiger partial charge < -0.3 is 9.47 Å². The van der Waals surface area contributed by atoms with Crippen molar-refractivity contribution < 1.29 is 23.9 Å². The van der Waals surface area contributed by atoms with E-state index in [-0.39, 0.29) is 11.7 Å². The summed E-state index contributed by atoms with van der Waals surface area (Å²) in [5, 5.41) is 0. The van der Waals surface area contributed by atoms with Crippen molar-refractivity contribution in [2.75, 3.05) is 7.11 Å². The smallest absolute Gasteiger partial charge is 0.326 e. The minimum absolute atomic E-state index is 0.132. The quantitative estimate of drug-likeness (QED) is 0.234. The highest BCUT2D eigenvalue weighted by atomic mass is 79.9. The molecule has 0 amide bonds. The zero-order valence-electron chi connectivity index (χ0n) is 16.1. The van der Waals surface area contributed by atoms with Crippen molar-refractivity contribution in [2.24, 2.45) is 17.8 Å². The molecular weight excluding hydrogens is 504 g/mol. The maximum absolute atomic E-state index is 13.5. The summed E-state index contributed by atoms with van der Waals surface area (Å²) in [7, 11) is 1.23. The van der Waals surface area contributed by atoms with Crippen LogP contribution >= 0.6 is 31.9 Å². The lowest BCUT2D eigenvalue weighted by atomic mass is 9.68. The van der Waals surface area contributed by atoms with Crippen LogP contribution in [-0.2, 0) is 14.3 Å². The normalized spacial score (nSPS) is 19.3. The molecule has 0 unspecified atom stereocenters. The molecule has 3 atom stereocenters. The largest absolute Gasteiger partial charge is 0.468 e. The Morgan fingerprint density at radius 1 is 1.03 bits per heavy atom. The molecule has 0 aliphatic carbocycles. The van der Waals surface area contributed by atoms with E-state index < -0.39 is 29.7 Å². The van der Waals surface area contributed by atoms with E-state index in [1.807, 2.05) is 13.8 Å². The molecule has 29 heavy (non-hydrogen) atoms. The van der Waals surface area contributed by atoms with Crippen LogP contribution in [0.15, 0.2) is 51.4 Å². The number of rotatable bonds is 5. The van der Waals surface area contributed by atoms with E-state index in [0.717, 1.165) is 8.95 Å². The van der Waals surface area contributed by atoms with E-state index in [4.69, 9.17) is 9.47 Å². The van der Waals surface area contributed by atoms with Gasteiger partial charge in [0, 0.05) is 31.9 Å². The van der Waals surface area contributed by atoms with Gasteiger partial charge in [-0.1, -0.05) is 57.8 Å². The summed E-state index contributed by atoms with van der Waals surface area (Å²) in [5.74, 6) is -3.86. The lowest BCUT2D eigenvalue weighted by molar-refractivity contribution is -0.158. The van der Waals surface area contributed by atoms with Gasteiger partial charge in [-0.25, -0.2) is 0 Å².